The van der Waals surface area contributed by atoms with Gasteiger partial charge in [-0.2, -0.15) is 0 Å². The number of nitrogens with one attached hydrogen (secondary N) is 1. The van der Waals surface area contributed by atoms with Crippen LogP contribution >= 0.6 is 12.4 Å². The molecule has 6 heteroatoms. The van der Waals surface area contributed by atoms with Crippen molar-refractivity contribution in [1.82, 2.24) is 5.32 Å². The average Bonchev–Trinajstić information content (AvgIpc) is 2.34. The van der Waals surface area contributed by atoms with E-state index in [0.29, 0.717) is 19.4 Å². The lowest BCUT2D eigenvalue weighted by molar-refractivity contribution is -0.122. The number of phenols is 2. The summed E-state index contributed by atoms with van der Waals surface area (Å²) >= 11 is 0. The zero-order chi connectivity index (χ0) is 13.5. The molecule has 1 atom stereocenters. The molecule has 0 fully saturated rings. The van der Waals surface area contributed by atoms with Gasteiger partial charge >= 0.3 is 0 Å². The third-order valence-corrected chi connectivity index (χ3v) is 2.69. The third kappa shape index (κ3) is 5.81. The maximum atomic E-state index is 11.5. The van der Waals surface area contributed by atoms with Crippen LogP contribution in [0.25, 0.3) is 0 Å². The van der Waals surface area contributed by atoms with Gasteiger partial charge in [-0.3, -0.25) is 4.79 Å². The molecule has 1 rings (SSSR count). The molecule has 1 amide bonds. The van der Waals surface area contributed by atoms with Gasteiger partial charge in [0.25, 0.3) is 0 Å². The molecule has 1 unspecified atom stereocenters. The Morgan fingerprint density at radius 1 is 1.37 bits per heavy atom. The summed E-state index contributed by atoms with van der Waals surface area (Å²) in [5.41, 5.74) is 6.51. The minimum Gasteiger partial charge on any atom is -0.504 e. The molecule has 5 nitrogen and oxygen atoms in total. The Balaban J connectivity index is 0.00000324. The molecule has 0 spiro atoms. The predicted octanol–water partition coefficient (Wildman–Crippen LogP) is 1.31. The van der Waals surface area contributed by atoms with E-state index in [1.165, 1.54) is 12.1 Å². The number of carbonyl (C=O) groups excluding carboxylic acids is 1. The highest BCUT2D eigenvalue weighted by atomic mass is 35.5. The second-order valence-corrected chi connectivity index (χ2v) is 4.26. The molecule has 0 aromatic heterocycles. The van der Waals surface area contributed by atoms with Crippen molar-refractivity contribution in [2.45, 2.75) is 32.2 Å². The average molecular weight is 289 g/mol. The fourth-order valence-corrected chi connectivity index (χ4v) is 1.63. The van der Waals surface area contributed by atoms with Gasteiger partial charge in [0.15, 0.2) is 11.5 Å². The van der Waals surface area contributed by atoms with Crippen molar-refractivity contribution in [1.29, 1.82) is 0 Å². The molecule has 0 aliphatic rings. The summed E-state index contributed by atoms with van der Waals surface area (Å²) in [7, 11) is 0. The molecule has 1 aromatic rings. The molecule has 19 heavy (non-hydrogen) atoms. The molecule has 0 aliphatic carbocycles. The lowest BCUT2D eigenvalue weighted by Crippen LogP contribution is -2.41. The Labute approximate surface area is 119 Å². The van der Waals surface area contributed by atoms with Gasteiger partial charge in [-0.05, 0) is 30.5 Å². The van der Waals surface area contributed by atoms with Gasteiger partial charge in [0.1, 0.15) is 0 Å². The highest BCUT2D eigenvalue weighted by Crippen LogP contribution is 2.24. The Kier molecular flexibility index (Phi) is 7.95. The number of hydrogen-bond acceptors (Lipinski definition) is 4. The van der Waals surface area contributed by atoms with Crippen molar-refractivity contribution < 1.29 is 15.0 Å². The summed E-state index contributed by atoms with van der Waals surface area (Å²) in [6, 6.07) is 4.15. The first kappa shape index (κ1) is 17.5. The van der Waals surface area contributed by atoms with Crippen LogP contribution in [0.4, 0.5) is 0 Å². The van der Waals surface area contributed by atoms with Crippen molar-refractivity contribution in [3.8, 4) is 11.5 Å². The molecule has 108 valence electrons. The van der Waals surface area contributed by atoms with Crippen LogP contribution in [0.5, 0.6) is 11.5 Å². The summed E-state index contributed by atoms with van der Waals surface area (Å²) in [5.74, 6) is -0.450. The fraction of sp³-hybridized carbons (Fsp3) is 0.462. The van der Waals surface area contributed by atoms with Crippen molar-refractivity contribution in [2.75, 3.05) is 6.54 Å². The number of nitrogens with two attached hydrogens (primary N) is 1. The van der Waals surface area contributed by atoms with Crippen LogP contribution < -0.4 is 11.1 Å². The zero-order valence-electron chi connectivity index (χ0n) is 10.9. The molecule has 0 saturated heterocycles. The largest absolute Gasteiger partial charge is 0.504 e. The number of carbonyl (C=O) groups is 1. The van der Waals surface area contributed by atoms with E-state index < -0.39 is 6.04 Å². The van der Waals surface area contributed by atoms with Crippen LogP contribution in [0.2, 0.25) is 0 Å². The second-order valence-electron chi connectivity index (χ2n) is 4.26. The first-order valence-electron chi connectivity index (χ1n) is 6.08. The van der Waals surface area contributed by atoms with Crippen molar-refractivity contribution >= 4 is 18.3 Å². The van der Waals surface area contributed by atoms with E-state index in [2.05, 4.69) is 5.32 Å². The lowest BCUT2D eigenvalue weighted by atomic mass is 10.1. The number of amides is 1. The zero-order valence-corrected chi connectivity index (χ0v) is 11.7. The van der Waals surface area contributed by atoms with E-state index in [-0.39, 0.29) is 29.8 Å². The molecule has 1 aromatic carbocycles. The first-order chi connectivity index (χ1) is 8.54. The first-order valence-corrected chi connectivity index (χ1v) is 6.08. The van der Waals surface area contributed by atoms with Crippen molar-refractivity contribution in [2.24, 2.45) is 5.73 Å². The van der Waals surface area contributed by atoms with E-state index in [9.17, 15) is 9.90 Å². The van der Waals surface area contributed by atoms with Crippen LogP contribution in [0.1, 0.15) is 25.3 Å². The number of halogens is 1. The van der Waals surface area contributed by atoms with Gasteiger partial charge in [0.2, 0.25) is 5.91 Å². The highest BCUT2D eigenvalue weighted by molar-refractivity contribution is 5.85. The standard InChI is InChI=1S/C13H20N2O3.ClH/c1-2-3-10(14)13(18)15-7-6-9-4-5-11(16)12(17)8-9;/h4-5,8,10,16-17H,2-3,6-7,14H2,1H3,(H,15,18);1H. The molecule has 5 N–H and O–H groups in total. The number of benzene rings is 1. The van der Waals surface area contributed by atoms with E-state index in [1.807, 2.05) is 6.92 Å². The summed E-state index contributed by atoms with van der Waals surface area (Å²) < 4.78 is 0. The maximum Gasteiger partial charge on any atom is 0.236 e. The smallest absolute Gasteiger partial charge is 0.236 e. The Bertz CT molecular complexity index is 413. The van der Waals surface area contributed by atoms with Gasteiger partial charge in [-0.1, -0.05) is 19.4 Å². The summed E-state index contributed by atoms with van der Waals surface area (Å²) in [6.45, 7) is 2.44. The van der Waals surface area contributed by atoms with Crippen LogP contribution in [-0.4, -0.2) is 28.7 Å². The summed E-state index contributed by atoms with van der Waals surface area (Å²) in [4.78, 5) is 11.5. The van der Waals surface area contributed by atoms with Gasteiger partial charge in [0, 0.05) is 6.54 Å². The van der Waals surface area contributed by atoms with Crippen LogP contribution in [0, 0.1) is 0 Å². The van der Waals surface area contributed by atoms with Gasteiger partial charge in [-0.25, -0.2) is 0 Å². The molecule has 0 radical (unpaired) electrons. The van der Waals surface area contributed by atoms with Crippen molar-refractivity contribution in [3.05, 3.63) is 23.8 Å². The number of hydrogen-bond donors (Lipinski definition) is 4. The Hall–Kier alpha value is -1.46. The number of rotatable bonds is 6. The molecular weight excluding hydrogens is 268 g/mol. The molecule has 0 bridgehead atoms. The minimum absolute atomic E-state index is 0. The quantitative estimate of drug-likeness (QED) is 0.594. The van der Waals surface area contributed by atoms with Crippen molar-refractivity contribution in [3.63, 3.8) is 0 Å². The minimum atomic E-state index is -0.455. The van der Waals surface area contributed by atoms with Gasteiger partial charge < -0.3 is 21.3 Å². The fourth-order valence-electron chi connectivity index (χ4n) is 1.63. The molecule has 0 aliphatic heterocycles. The van der Waals surface area contributed by atoms with Crippen LogP contribution in [0.3, 0.4) is 0 Å². The van der Waals surface area contributed by atoms with E-state index in [1.54, 1.807) is 6.07 Å². The van der Waals surface area contributed by atoms with E-state index >= 15 is 0 Å². The van der Waals surface area contributed by atoms with Gasteiger partial charge in [-0.15, -0.1) is 12.4 Å². The molecule has 0 saturated carbocycles. The summed E-state index contributed by atoms with van der Waals surface area (Å²) in [6.07, 6.45) is 2.13. The maximum absolute atomic E-state index is 11.5. The summed E-state index contributed by atoms with van der Waals surface area (Å²) in [5, 5.41) is 21.2. The Morgan fingerprint density at radius 3 is 2.63 bits per heavy atom. The van der Waals surface area contributed by atoms with Gasteiger partial charge in [0.05, 0.1) is 6.04 Å². The second kappa shape index (κ2) is 8.61. The molecule has 0 heterocycles. The van der Waals surface area contributed by atoms with E-state index in [4.69, 9.17) is 10.8 Å². The van der Waals surface area contributed by atoms with Crippen LogP contribution in [0.15, 0.2) is 18.2 Å². The van der Waals surface area contributed by atoms with Crippen LogP contribution in [-0.2, 0) is 11.2 Å². The third-order valence-electron chi connectivity index (χ3n) is 2.69. The van der Waals surface area contributed by atoms with E-state index in [0.717, 1.165) is 12.0 Å². The topological polar surface area (TPSA) is 95.6 Å². The Morgan fingerprint density at radius 2 is 2.05 bits per heavy atom. The monoisotopic (exact) mass is 288 g/mol. The highest BCUT2D eigenvalue weighted by Gasteiger charge is 2.11. The SMILES string of the molecule is CCCC(N)C(=O)NCCc1ccc(O)c(O)c1.Cl. The normalized spacial score (nSPS) is 11.5. The number of aromatic hydroxyl groups is 2. The predicted molar refractivity (Wildman–Crippen MR) is 76.6 cm³/mol. The lowest BCUT2D eigenvalue weighted by Gasteiger charge is -2.11. The molecular formula is C13H21ClN2O3. The number of phenolic OH excluding ortho intramolecular Hbond substituents is 2.